The molecule has 0 bridgehead atoms. The number of thiophene rings is 1. The maximum Gasteiger partial charge on any atom is 0.412 e. The second-order valence-electron chi connectivity index (χ2n) is 4.93. The van der Waals surface area contributed by atoms with Crippen molar-refractivity contribution in [1.29, 1.82) is 0 Å². The summed E-state index contributed by atoms with van der Waals surface area (Å²) in [5.74, 6) is 0.168. The number of carbonyl (C=O) groups is 2. The summed E-state index contributed by atoms with van der Waals surface area (Å²) >= 11 is 1.45. The number of primary amides is 1. The van der Waals surface area contributed by atoms with Crippen molar-refractivity contribution in [3.05, 3.63) is 16.0 Å². The van der Waals surface area contributed by atoms with Crippen molar-refractivity contribution in [1.82, 2.24) is 0 Å². The fourth-order valence-electron chi connectivity index (χ4n) is 2.61. The second-order valence-corrected chi connectivity index (χ2v) is 6.04. The third-order valence-corrected chi connectivity index (χ3v) is 4.85. The van der Waals surface area contributed by atoms with E-state index in [2.05, 4.69) is 12.2 Å². The summed E-state index contributed by atoms with van der Waals surface area (Å²) in [5, 5.41) is 3.17. The molecule has 110 valence electrons. The molecule has 0 radical (unpaired) electrons. The molecule has 0 saturated carbocycles. The Morgan fingerprint density at radius 3 is 2.80 bits per heavy atom. The molecular formula is C14H20N2O3S. The quantitative estimate of drug-likeness (QED) is 0.896. The van der Waals surface area contributed by atoms with E-state index in [4.69, 9.17) is 10.5 Å². The largest absolute Gasteiger partial charge is 0.450 e. The molecule has 0 aromatic carbocycles. The molecular weight excluding hydrogens is 276 g/mol. The molecule has 0 unspecified atom stereocenters. The normalized spacial score (nSPS) is 17.4. The van der Waals surface area contributed by atoms with Crippen LogP contribution in [0, 0.1) is 5.92 Å². The molecule has 1 aliphatic carbocycles. The van der Waals surface area contributed by atoms with Gasteiger partial charge in [0.05, 0.1) is 12.2 Å². The van der Waals surface area contributed by atoms with Crippen LogP contribution in [0.1, 0.15) is 47.5 Å². The summed E-state index contributed by atoms with van der Waals surface area (Å²) in [7, 11) is 0. The number of ether oxygens (including phenoxy) is 1. The van der Waals surface area contributed by atoms with Gasteiger partial charge < -0.3 is 10.5 Å². The first-order chi connectivity index (χ1) is 9.56. The van der Waals surface area contributed by atoms with Crippen LogP contribution in [0.4, 0.5) is 9.80 Å². The van der Waals surface area contributed by atoms with Crippen molar-refractivity contribution in [3.8, 4) is 0 Å². The summed E-state index contributed by atoms with van der Waals surface area (Å²) < 4.78 is 4.86. The molecule has 3 N–H and O–H groups in total. The molecule has 2 amide bonds. The number of fused-ring (bicyclic) bond motifs is 1. The van der Waals surface area contributed by atoms with E-state index in [0.29, 0.717) is 23.1 Å². The number of nitrogens with one attached hydrogen (secondary N) is 1. The average molecular weight is 296 g/mol. The van der Waals surface area contributed by atoms with Gasteiger partial charge in [-0.3, -0.25) is 10.1 Å². The molecule has 1 atom stereocenters. The van der Waals surface area contributed by atoms with Gasteiger partial charge in [0.2, 0.25) is 0 Å². The summed E-state index contributed by atoms with van der Waals surface area (Å²) in [4.78, 5) is 24.4. The zero-order chi connectivity index (χ0) is 14.7. The van der Waals surface area contributed by atoms with E-state index >= 15 is 0 Å². The van der Waals surface area contributed by atoms with Crippen LogP contribution in [0.3, 0.4) is 0 Å². The molecule has 0 spiro atoms. The van der Waals surface area contributed by atoms with E-state index in [1.807, 2.05) is 0 Å². The maximum atomic E-state index is 11.7. The Labute approximate surface area is 122 Å². The first-order valence-electron chi connectivity index (χ1n) is 6.94. The molecule has 0 saturated heterocycles. The lowest BCUT2D eigenvalue weighted by atomic mass is 9.85. The summed E-state index contributed by atoms with van der Waals surface area (Å²) in [6.45, 7) is 4.21. The highest BCUT2D eigenvalue weighted by Gasteiger charge is 2.28. The molecule has 6 heteroatoms. The highest BCUT2D eigenvalue weighted by atomic mass is 32.1. The first-order valence-corrected chi connectivity index (χ1v) is 7.76. The number of rotatable bonds is 4. The molecule has 0 fully saturated rings. The monoisotopic (exact) mass is 296 g/mol. The Kier molecular flexibility index (Phi) is 4.65. The van der Waals surface area contributed by atoms with Crippen LogP contribution in [0.25, 0.3) is 0 Å². The molecule has 5 nitrogen and oxygen atoms in total. The van der Waals surface area contributed by atoms with Gasteiger partial charge in [-0.2, -0.15) is 0 Å². The fourth-order valence-corrected chi connectivity index (χ4v) is 3.96. The SMILES string of the molecule is CCOC(=O)Nc1sc2c(c1C(N)=O)CC[C@H](CC)C2. The molecule has 1 aromatic heterocycles. The van der Waals surface area contributed by atoms with E-state index < -0.39 is 12.0 Å². The lowest BCUT2D eigenvalue weighted by molar-refractivity contribution is 0.1000. The van der Waals surface area contributed by atoms with Crippen LogP contribution in [-0.4, -0.2) is 18.6 Å². The lowest BCUT2D eigenvalue weighted by Gasteiger charge is -2.20. The van der Waals surface area contributed by atoms with E-state index in [9.17, 15) is 9.59 Å². The molecule has 0 aliphatic heterocycles. The van der Waals surface area contributed by atoms with Crippen molar-refractivity contribution >= 4 is 28.3 Å². The highest BCUT2D eigenvalue weighted by Crippen LogP contribution is 2.40. The number of hydrogen-bond acceptors (Lipinski definition) is 4. The highest BCUT2D eigenvalue weighted by molar-refractivity contribution is 7.17. The minimum Gasteiger partial charge on any atom is -0.450 e. The molecule has 2 rings (SSSR count). The number of carbonyl (C=O) groups excluding carboxylic acids is 2. The van der Waals surface area contributed by atoms with Gasteiger partial charge in [0.15, 0.2) is 0 Å². The maximum absolute atomic E-state index is 11.7. The minimum absolute atomic E-state index is 0.292. The Hall–Kier alpha value is -1.56. The lowest BCUT2D eigenvalue weighted by Crippen LogP contribution is -2.20. The van der Waals surface area contributed by atoms with Crippen LogP contribution in [0.5, 0.6) is 0 Å². The van der Waals surface area contributed by atoms with Crippen LogP contribution in [0.2, 0.25) is 0 Å². The summed E-state index contributed by atoms with van der Waals surface area (Å²) in [6, 6.07) is 0. The second kappa shape index (κ2) is 6.26. The van der Waals surface area contributed by atoms with Crippen LogP contribution in [-0.2, 0) is 17.6 Å². The predicted octanol–water partition coefficient (Wildman–Crippen LogP) is 2.93. The predicted molar refractivity (Wildman–Crippen MR) is 79.3 cm³/mol. The zero-order valence-electron chi connectivity index (χ0n) is 11.8. The molecule has 1 aliphatic rings. The van der Waals surface area contributed by atoms with Gasteiger partial charge in [0, 0.05) is 4.88 Å². The minimum atomic E-state index is -0.541. The van der Waals surface area contributed by atoms with Gasteiger partial charge in [-0.05, 0) is 37.7 Å². The zero-order valence-corrected chi connectivity index (χ0v) is 12.6. The number of hydrogen-bond donors (Lipinski definition) is 2. The van der Waals surface area contributed by atoms with E-state index in [0.717, 1.165) is 31.2 Å². The Morgan fingerprint density at radius 1 is 1.45 bits per heavy atom. The Morgan fingerprint density at radius 2 is 2.20 bits per heavy atom. The fraction of sp³-hybridized carbons (Fsp3) is 0.571. The van der Waals surface area contributed by atoms with Gasteiger partial charge in [0.25, 0.3) is 5.91 Å². The van der Waals surface area contributed by atoms with Gasteiger partial charge in [0.1, 0.15) is 5.00 Å². The van der Waals surface area contributed by atoms with Crippen LogP contribution in [0.15, 0.2) is 0 Å². The van der Waals surface area contributed by atoms with E-state index in [1.54, 1.807) is 6.92 Å². The summed E-state index contributed by atoms with van der Waals surface area (Å²) in [6.07, 6.45) is 3.47. The molecule has 1 aromatic rings. The standard InChI is InChI=1S/C14H20N2O3S/c1-3-8-5-6-9-10(7-8)20-13(11(9)12(15)17)16-14(18)19-4-2/h8H,3-7H2,1-2H3,(H2,15,17)(H,16,18)/t8-/m0/s1. The van der Waals surface area contributed by atoms with Crippen molar-refractivity contribution in [3.63, 3.8) is 0 Å². The summed E-state index contributed by atoms with van der Waals surface area (Å²) in [5.41, 5.74) is 6.95. The number of amides is 2. The van der Waals surface area contributed by atoms with Crippen molar-refractivity contribution in [2.45, 2.75) is 39.5 Å². The van der Waals surface area contributed by atoms with Gasteiger partial charge >= 0.3 is 6.09 Å². The van der Waals surface area contributed by atoms with E-state index in [1.165, 1.54) is 16.2 Å². The van der Waals surface area contributed by atoms with Gasteiger partial charge in [-0.1, -0.05) is 13.3 Å². The van der Waals surface area contributed by atoms with Gasteiger partial charge in [-0.15, -0.1) is 11.3 Å². The topological polar surface area (TPSA) is 81.4 Å². The van der Waals surface area contributed by atoms with Crippen LogP contribution < -0.4 is 11.1 Å². The van der Waals surface area contributed by atoms with Crippen molar-refractivity contribution in [2.75, 3.05) is 11.9 Å². The Balaban J connectivity index is 2.30. The van der Waals surface area contributed by atoms with Crippen LogP contribution >= 0.6 is 11.3 Å². The van der Waals surface area contributed by atoms with Gasteiger partial charge in [-0.25, -0.2) is 4.79 Å². The van der Waals surface area contributed by atoms with Crippen molar-refractivity contribution in [2.24, 2.45) is 11.7 Å². The first kappa shape index (κ1) is 14.8. The smallest absolute Gasteiger partial charge is 0.412 e. The van der Waals surface area contributed by atoms with Crippen molar-refractivity contribution < 1.29 is 14.3 Å². The third-order valence-electron chi connectivity index (χ3n) is 3.68. The van der Waals surface area contributed by atoms with E-state index in [-0.39, 0.29) is 0 Å². The molecule has 1 heterocycles. The third kappa shape index (κ3) is 2.95. The average Bonchev–Trinajstić information content (AvgIpc) is 2.75. The Bertz CT molecular complexity index is 525. The number of anilines is 1. The number of nitrogens with two attached hydrogens (primary N) is 1. The molecule has 20 heavy (non-hydrogen) atoms.